The highest BCUT2D eigenvalue weighted by Crippen LogP contribution is 2.29. The summed E-state index contributed by atoms with van der Waals surface area (Å²) in [6.45, 7) is 1.63. The summed E-state index contributed by atoms with van der Waals surface area (Å²) in [4.78, 5) is 20.3. The average molecular weight is 343 g/mol. The molecule has 0 radical (unpaired) electrons. The number of pyridine rings is 1. The van der Waals surface area contributed by atoms with Gasteiger partial charge in [-0.3, -0.25) is 4.57 Å². The van der Waals surface area contributed by atoms with Crippen LogP contribution in [-0.2, 0) is 10.5 Å². The van der Waals surface area contributed by atoms with Gasteiger partial charge in [0.25, 0.3) is 0 Å². The number of hydrogen-bond donors (Lipinski definition) is 1. The molecular formula is C17H17N3O3S. The van der Waals surface area contributed by atoms with Crippen molar-refractivity contribution >= 4 is 28.9 Å². The Morgan fingerprint density at radius 3 is 2.75 bits per heavy atom. The molecule has 0 spiro atoms. The number of thioether (sulfide) groups is 1. The minimum Gasteiger partial charge on any atom is -0.497 e. The van der Waals surface area contributed by atoms with Gasteiger partial charge in [-0.15, -0.1) is 0 Å². The van der Waals surface area contributed by atoms with Crippen LogP contribution in [0.15, 0.2) is 47.8 Å². The highest BCUT2D eigenvalue weighted by molar-refractivity contribution is 7.98. The number of rotatable bonds is 6. The van der Waals surface area contributed by atoms with Gasteiger partial charge < -0.3 is 9.84 Å². The third-order valence-electron chi connectivity index (χ3n) is 3.69. The fourth-order valence-electron chi connectivity index (χ4n) is 2.34. The zero-order chi connectivity index (χ0) is 17.1. The lowest BCUT2D eigenvalue weighted by molar-refractivity contribution is -0.140. The number of fused-ring (bicyclic) bond motifs is 1. The standard InChI is InChI=1S/C17H17N3O3S/c1-11(16(21)22)20-15-14(4-3-9-18-15)19-17(20)24-10-12-5-7-13(23-2)8-6-12/h3-9,11H,10H2,1-2H3,(H,21,22). The lowest BCUT2D eigenvalue weighted by Crippen LogP contribution is -2.16. The van der Waals surface area contributed by atoms with Crippen molar-refractivity contribution in [1.29, 1.82) is 0 Å². The van der Waals surface area contributed by atoms with Gasteiger partial charge in [-0.05, 0) is 36.8 Å². The maximum atomic E-state index is 11.4. The second-order valence-electron chi connectivity index (χ2n) is 5.26. The third-order valence-corrected chi connectivity index (χ3v) is 4.71. The Balaban J connectivity index is 1.90. The molecule has 0 aliphatic rings. The topological polar surface area (TPSA) is 77.2 Å². The molecule has 0 bridgehead atoms. The summed E-state index contributed by atoms with van der Waals surface area (Å²) in [5.41, 5.74) is 2.39. The Morgan fingerprint density at radius 1 is 1.33 bits per heavy atom. The number of nitrogens with zero attached hydrogens (tertiary/aromatic N) is 3. The average Bonchev–Trinajstić information content (AvgIpc) is 2.97. The van der Waals surface area contributed by atoms with Crippen LogP contribution in [0.1, 0.15) is 18.5 Å². The van der Waals surface area contributed by atoms with E-state index in [0.29, 0.717) is 22.1 Å². The van der Waals surface area contributed by atoms with Crippen LogP contribution < -0.4 is 4.74 Å². The van der Waals surface area contributed by atoms with Crippen LogP contribution in [0.25, 0.3) is 11.2 Å². The zero-order valence-corrected chi connectivity index (χ0v) is 14.2. The molecule has 1 N–H and O–H groups in total. The number of carboxylic acids is 1. The van der Waals surface area contributed by atoms with E-state index in [-0.39, 0.29) is 0 Å². The molecule has 1 unspecified atom stereocenters. The summed E-state index contributed by atoms with van der Waals surface area (Å²) in [6.07, 6.45) is 1.65. The van der Waals surface area contributed by atoms with Crippen molar-refractivity contribution in [1.82, 2.24) is 14.5 Å². The van der Waals surface area contributed by atoms with Crippen molar-refractivity contribution in [3.05, 3.63) is 48.2 Å². The van der Waals surface area contributed by atoms with Crippen molar-refractivity contribution in [2.24, 2.45) is 0 Å². The number of carbonyl (C=O) groups is 1. The van der Waals surface area contributed by atoms with Crippen molar-refractivity contribution in [3.8, 4) is 5.75 Å². The molecule has 0 aliphatic heterocycles. The fourth-order valence-corrected chi connectivity index (χ4v) is 3.37. The Hall–Kier alpha value is -2.54. The van der Waals surface area contributed by atoms with E-state index < -0.39 is 12.0 Å². The number of aromatic nitrogens is 3. The van der Waals surface area contributed by atoms with Crippen LogP contribution in [-0.4, -0.2) is 32.7 Å². The molecule has 3 aromatic rings. The van der Waals surface area contributed by atoms with Crippen molar-refractivity contribution < 1.29 is 14.6 Å². The number of methoxy groups -OCH3 is 1. The molecule has 1 atom stereocenters. The van der Waals surface area contributed by atoms with Crippen LogP contribution in [0.5, 0.6) is 5.75 Å². The van der Waals surface area contributed by atoms with E-state index in [0.717, 1.165) is 11.3 Å². The van der Waals surface area contributed by atoms with Crippen LogP contribution in [0, 0.1) is 0 Å². The highest BCUT2D eigenvalue weighted by atomic mass is 32.2. The number of hydrogen-bond acceptors (Lipinski definition) is 5. The Bertz CT molecular complexity index is 861. The van der Waals surface area contributed by atoms with Crippen LogP contribution in [0.3, 0.4) is 0 Å². The maximum absolute atomic E-state index is 11.4. The zero-order valence-electron chi connectivity index (χ0n) is 13.3. The molecule has 0 amide bonds. The van der Waals surface area contributed by atoms with E-state index in [1.807, 2.05) is 30.3 Å². The normalized spacial score (nSPS) is 12.2. The van der Waals surface area contributed by atoms with Gasteiger partial charge in [0, 0.05) is 11.9 Å². The predicted octanol–water partition coefficient (Wildman–Crippen LogP) is 3.38. The monoisotopic (exact) mass is 343 g/mol. The molecule has 2 aromatic heterocycles. The van der Waals surface area contributed by atoms with Crippen molar-refractivity contribution in [2.45, 2.75) is 23.9 Å². The number of ether oxygens (including phenoxy) is 1. The number of aliphatic carboxylic acids is 1. The maximum Gasteiger partial charge on any atom is 0.326 e. The predicted molar refractivity (Wildman–Crippen MR) is 92.4 cm³/mol. The number of imidazole rings is 1. The van der Waals surface area contributed by atoms with Gasteiger partial charge in [0.05, 0.1) is 7.11 Å². The van der Waals surface area contributed by atoms with E-state index in [1.54, 1.807) is 30.9 Å². The van der Waals surface area contributed by atoms with E-state index in [4.69, 9.17) is 4.74 Å². The molecule has 0 saturated carbocycles. The third kappa shape index (κ3) is 3.21. The summed E-state index contributed by atoms with van der Waals surface area (Å²) in [7, 11) is 1.63. The first-order valence-electron chi connectivity index (χ1n) is 7.41. The first kappa shape index (κ1) is 16.3. The summed E-state index contributed by atoms with van der Waals surface area (Å²) >= 11 is 1.49. The number of carboxylic acid groups (broad SMARTS) is 1. The molecule has 6 nitrogen and oxygen atoms in total. The molecule has 1 aromatic carbocycles. The molecule has 7 heteroatoms. The molecule has 2 heterocycles. The number of benzene rings is 1. The SMILES string of the molecule is COc1ccc(CSc2nc3cccnc3n2C(C)C(=O)O)cc1. The van der Waals surface area contributed by atoms with Gasteiger partial charge in [0.15, 0.2) is 10.8 Å². The van der Waals surface area contributed by atoms with E-state index in [9.17, 15) is 9.90 Å². The summed E-state index contributed by atoms with van der Waals surface area (Å²) < 4.78 is 6.82. The van der Waals surface area contributed by atoms with Crippen LogP contribution >= 0.6 is 11.8 Å². The Morgan fingerprint density at radius 2 is 2.08 bits per heavy atom. The minimum atomic E-state index is -0.911. The molecule has 24 heavy (non-hydrogen) atoms. The molecule has 0 fully saturated rings. The molecule has 0 aliphatic carbocycles. The first-order valence-corrected chi connectivity index (χ1v) is 8.40. The summed E-state index contributed by atoms with van der Waals surface area (Å²) in [5.74, 6) is 0.575. The van der Waals surface area contributed by atoms with Gasteiger partial charge in [-0.1, -0.05) is 23.9 Å². The van der Waals surface area contributed by atoms with Gasteiger partial charge >= 0.3 is 5.97 Å². The fraction of sp³-hybridized carbons (Fsp3) is 0.235. The quantitative estimate of drug-likeness (QED) is 0.692. The smallest absolute Gasteiger partial charge is 0.326 e. The molecule has 3 rings (SSSR count). The molecule has 0 saturated heterocycles. The van der Waals surface area contributed by atoms with Crippen molar-refractivity contribution in [3.63, 3.8) is 0 Å². The largest absolute Gasteiger partial charge is 0.497 e. The van der Waals surface area contributed by atoms with Gasteiger partial charge in [0.2, 0.25) is 0 Å². The van der Waals surface area contributed by atoms with Crippen LogP contribution in [0.4, 0.5) is 0 Å². The second-order valence-corrected chi connectivity index (χ2v) is 6.20. The Labute approximate surface area is 143 Å². The minimum absolute atomic E-state index is 0.588. The van der Waals surface area contributed by atoms with E-state index in [1.165, 1.54) is 11.8 Å². The first-order chi connectivity index (χ1) is 11.6. The molecular weight excluding hydrogens is 326 g/mol. The molecule has 124 valence electrons. The van der Waals surface area contributed by atoms with Crippen LogP contribution in [0.2, 0.25) is 0 Å². The lowest BCUT2D eigenvalue weighted by atomic mass is 10.2. The second kappa shape index (κ2) is 6.92. The summed E-state index contributed by atoms with van der Waals surface area (Å²) in [5, 5.41) is 10.0. The van der Waals surface area contributed by atoms with Crippen molar-refractivity contribution in [2.75, 3.05) is 7.11 Å². The van der Waals surface area contributed by atoms with Gasteiger partial charge in [-0.25, -0.2) is 14.8 Å². The van der Waals surface area contributed by atoms with Gasteiger partial charge in [0.1, 0.15) is 17.3 Å². The summed E-state index contributed by atoms with van der Waals surface area (Å²) in [6, 6.07) is 10.7. The lowest BCUT2D eigenvalue weighted by Gasteiger charge is -2.12. The Kier molecular flexibility index (Phi) is 4.71. The van der Waals surface area contributed by atoms with E-state index >= 15 is 0 Å². The van der Waals surface area contributed by atoms with E-state index in [2.05, 4.69) is 9.97 Å². The van der Waals surface area contributed by atoms with Gasteiger partial charge in [-0.2, -0.15) is 0 Å². The highest BCUT2D eigenvalue weighted by Gasteiger charge is 2.22.